The molecule has 0 aliphatic rings. The number of rotatable bonds is 14. The number of hydrogen-bond donors (Lipinski definition) is 5. The van der Waals surface area contributed by atoms with Gasteiger partial charge in [-0.1, -0.05) is 60.7 Å². The van der Waals surface area contributed by atoms with E-state index in [4.69, 9.17) is 14.9 Å². The van der Waals surface area contributed by atoms with Gasteiger partial charge >= 0.3 is 11.9 Å². The van der Waals surface area contributed by atoms with Gasteiger partial charge < -0.3 is 25.4 Å². The molecule has 0 bridgehead atoms. The molecule has 0 spiro atoms. The van der Waals surface area contributed by atoms with Gasteiger partial charge in [0.1, 0.15) is 18.8 Å². The van der Waals surface area contributed by atoms with Crippen molar-refractivity contribution in [1.29, 1.82) is 0 Å². The number of carboxylic acids is 1. The van der Waals surface area contributed by atoms with Crippen molar-refractivity contribution in [2.45, 2.75) is 50.4 Å². The first-order chi connectivity index (χ1) is 16.3. The average molecular weight is 473 g/mol. The van der Waals surface area contributed by atoms with Gasteiger partial charge in [-0.2, -0.15) is 0 Å². The Bertz CT molecular complexity index is 908. The second kappa shape index (κ2) is 14.1. The van der Waals surface area contributed by atoms with Crippen molar-refractivity contribution in [2.75, 3.05) is 13.2 Å². The van der Waals surface area contributed by atoms with E-state index in [1.165, 1.54) is 0 Å². The molecular weight excluding hydrogens is 440 g/mol. The predicted molar refractivity (Wildman–Crippen MR) is 125 cm³/mol. The molecule has 0 heterocycles. The third-order valence-electron chi connectivity index (χ3n) is 5.07. The highest BCUT2D eigenvalue weighted by atomic mass is 16.5. The fourth-order valence-corrected chi connectivity index (χ4v) is 3.37. The summed E-state index contributed by atoms with van der Waals surface area (Å²) in [5.41, 5.74) is 1.68. The molecule has 0 fully saturated rings. The third kappa shape index (κ3) is 9.70. The molecule has 2 rings (SSSR count). The van der Waals surface area contributed by atoms with Crippen molar-refractivity contribution in [2.24, 2.45) is 0 Å². The van der Waals surface area contributed by atoms with E-state index in [-0.39, 0.29) is 25.9 Å². The van der Waals surface area contributed by atoms with Crippen molar-refractivity contribution in [3.05, 3.63) is 71.8 Å². The Hall–Kier alpha value is -3.27. The minimum absolute atomic E-state index is 0.220. The lowest BCUT2D eigenvalue weighted by Crippen LogP contribution is -2.54. The Labute approximate surface area is 198 Å². The van der Waals surface area contributed by atoms with Crippen molar-refractivity contribution in [3.8, 4) is 0 Å². The van der Waals surface area contributed by atoms with Crippen LogP contribution in [0, 0.1) is 0 Å². The van der Waals surface area contributed by atoms with Crippen LogP contribution in [0.2, 0.25) is 0 Å². The second-order valence-corrected chi connectivity index (χ2v) is 8.13. The molecule has 2 aromatic rings. The Morgan fingerprint density at radius 3 is 1.94 bits per heavy atom. The van der Waals surface area contributed by atoms with Crippen LogP contribution in [0.25, 0.3) is 0 Å². The zero-order valence-corrected chi connectivity index (χ0v) is 19.1. The predicted octanol–water partition coefficient (Wildman–Crippen LogP) is 0.674. The molecule has 5 N–H and O–H groups in total. The maximum Gasteiger partial charge on any atom is 0.323 e. The van der Waals surface area contributed by atoms with Crippen molar-refractivity contribution in [1.82, 2.24) is 10.6 Å². The summed E-state index contributed by atoms with van der Waals surface area (Å²) in [6.07, 6.45) is -0.970. The average Bonchev–Trinajstić information content (AvgIpc) is 2.82. The number of benzene rings is 2. The molecule has 1 amide bonds. The summed E-state index contributed by atoms with van der Waals surface area (Å²) in [4.78, 5) is 36.9. The maximum atomic E-state index is 13.1. The number of nitrogens with one attached hydrogen (secondary N) is 2. The summed E-state index contributed by atoms with van der Waals surface area (Å²) >= 11 is 0. The van der Waals surface area contributed by atoms with Gasteiger partial charge in [0.15, 0.2) is 0 Å². The van der Waals surface area contributed by atoms with Crippen LogP contribution in [0.4, 0.5) is 0 Å². The van der Waals surface area contributed by atoms with E-state index in [0.717, 1.165) is 11.1 Å². The van der Waals surface area contributed by atoms with Gasteiger partial charge in [0.05, 0.1) is 19.1 Å². The van der Waals surface area contributed by atoms with Crippen LogP contribution in [-0.4, -0.2) is 70.6 Å². The first-order valence-electron chi connectivity index (χ1n) is 11.1. The van der Waals surface area contributed by atoms with E-state index in [9.17, 15) is 19.5 Å². The van der Waals surface area contributed by atoms with Crippen molar-refractivity contribution >= 4 is 17.8 Å². The van der Waals surface area contributed by atoms with E-state index in [2.05, 4.69) is 10.6 Å². The van der Waals surface area contributed by atoms with Crippen LogP contribution in [0.3, 0.4) is 0 Å². The van der Waals surface area contributed by atoms with Gasteiger partial charge in [0.25, 0.3) is 0 Å². The topological polar surface area (TPSA) is 145 Å². The minimum atomic E-state index is -1.21. The summed E-state index contributed by atoms with van der Waals surface area (Å²) in [6.45, 7) is 0.662. The lowest BCUT2D eigenvalue weighted by molar-refractivity contribution is -0.150. The highest BCUT2D eigenvalue weighted by Crippen LogP contribution is 2.10. The molecule has 9 heteroatoms. The molecule has 0 saturated carbocycles. The number of esters is 1. The Kier molecular flexibility index (Phi) is 11.2. The minimum Gasteiger partial charge on any atom is -0.481 e. The lowest BCUT2D eigenvalue weighted by Gasteiger charge is -2.26. The highest BCUT2D eigenvalue weighted by molar-refractivity contribution is 5.84. The van der Waals surface area contributed by atoms with Crippen LogP contribution >= 0.6 is 0 Å². The smallest absolute Gasteiger partial charge is 0.323 e. The van der Waals surface area contributed by atoms with Crippen LogP contribution in [0.5, 0.6) is 0 Å². The van der Waals surface area contributed by atoms with Gasteiger partial charge in [-0.15, -0.1) is 0 Å². The zero-order chi connectivity index (χ0) is 24.9. The monoisotopic (exact) mass is 472 g/mol. The number of carboxylic acid groups (broad SMARTS) is 1. The van der Waals surface area contributed by atoms with Gasteiger partial charge in [0.2, 0.25) is 5.91 Å². The summed E-state index contributed by atoms with van der Waals surface area (Å²) in [5, 5.41) is 33.3. The van der Waals surface area contributed by atoms with E-state index >= 15 is 0 Å². The van der Waals surface area contributed by atoms with Crippen LogP contribution in [0.1, 0.15) is 24.5 Å². The number of aliphatic hydroxyl groups excluding tert-OH is 2. The molecule has 184 valence electrons. The van der Waals surface area contributed by atoms with Crippen LogP contribution in [-0.2, 0) is 32.0 Å². The standard InChI is InChI=1S/C25H32N2O7/c1-17(12-23(30)31)26-24(32)21(13-18-8-4-2-5-9-18)27-22(14-19-10-6-3-7-11-19)25(33)34-16-20(29)15-28/h2-11,17,20-22,27-29H,12-16H2,1H3,(H,26,32)(H,30,31)/t17-,20?,21+,22?/m1/s1. The lowest BCUT2D eigenvalue weighted by atomic mass is 10.0. The summed E-state index contributed by atoms with van der Waals surface area (Å²) in [7, 11) is 0. The third-order valence-corrected chi connectivity index (χ3v) is 5.07. The van der Waals surface area contributed by atoms with E-state index in [0.29, 0.717) is 0 Å². The SMILES string of the molecule is C[C@H](CC(=O)O)NC(=O)[C@H](Cc1ccccc1)NC(Cc1ccccc1)C(=O)OCC(O)CO. The number of ether oxygens (including phenoxy) is 1. The fraction of sp³-hybridized carbons (Fsp3) is 0.400. The molecule has 34 heavy (non-hydrogen) atoms. The fourth-order valence-electron chi connectivity index (χ4n) is 3.37. The summed E-state index contributed by atoms with van der Waals surface area (Å²) in [6, 6.07) is 16.0. The number of aliphatic carboxylic acids is 1. The number of aliphatic hydroxyl groups is 2. The van der Waals surface area contributed by atoms with Gasteiger partial charge in [0, 0.05) is 6.04 Å². The summed E-state index contributed by atoms with van der Waals surface area (Å²) in [5.74, 6) is -2.16. The quantitative estimate of drug-likeness (QED) is 0.252. The normalized spacial score (nSPS) is 14.4. The van der Waals surface area contributed by atoms with Crippen molar-refractivity contribution < 1.29 is 34.4 Å². The second-order valence-electron chi connectivity index (χ2n) is 8.13. The highest BCUT2D eigenvalue weighted by Gasteiger charge is 2.29. The number of amides is 1. The van der Waals surface area contributed by atoms with E-state index in [1.807, 2.05) is 60.7 Å². The molecule has 9 nitrogen and oxygen atoms in total. The zero-order valence-electron chi connectivity index (χ0n) is 19.1. The van der Waals surface area contributed by atoms with Crippen molar-refractivity contribution in [3.63, 3.8) is 0 Å². The van der Waals surface area contributed by atoms with Crippen LogP contribution < -0.4 is 10.6 Å². The first-order valence-corrected chi connectivity index (χ1v) is 11.1. The Balaban J connectivity index is 2.24. The molecule has 0 aliphatic carbocycles. The largest absolute Gasteiger partial charge is 0.481 e. The molecular formula is C25H32N2O7. The first kappa shape index (κ1) is 27.0. The maximum absolute atomic E-state index is 13.1. The van der Waals surface area contributed by atoms with Gasteiger partial charge in [-0.25, -0.2) is 0 Å². The molecule has 2 unspecified atom stereocenters. The summed E-state index contributed by atoms with van der Waals surface area (Å²) < 4.78 is 5.17. The molecule has 2 aromatic carbocycles. The van der Waals surface area contributed by atoms with Gasteiger partial charge in [-0.3, -0.25) is 19.7 Å². The molecule has 0 saturated heterocycles. The number of carbonyl (C=O) groups excluding carboxylic acids is 2. The Morgan fingerprint density at radius 1 is 0.912 bits per heavy atom. The number of hydrogen-bond acceptors (Lipinski definition) is 7. The number of carbonyl (C=O) groups is 3. The molecule has 0 radical (unpaired) electrons. The van der Waals surface area contributed by atoms with E-state index < -0.39 is 48.7 Å². The molecule has 4 atom stereocenters. The van der Waals surface area contributed by atoms with Gasteiger partial charge in [-0.05, 0) is 30.9 Å². The molecule has 0 aliphatic heterocycles. The molecule has 0 aromatic heterocycles. The van der Waals surface area contributed by atoms with Crippen LogP contribution in [0.15, 0.2) is 60.7 Å². The van der Waals surface area contributed by atoms with E-state index in [1.54, 1.807) is 6.92 Å². The Morgan fingerprint density at radius 2 is 1.44 bits per heavy atom.